The van der Waals surface area contributed by atoms with E-state index in [0.717, 1.165) is 19.3 Å². The van der Waals surface area contributed by atoms with Gasteiger partial charge in [-0.15, -0.1) is 0 Å². The first-order chi connectivity index (χ1) is 13.6. The molecule has 3 rings (SSSR count). The van der Waals surface area contributed by atoms with Crippen molar-refractivity contribution < 1.29 is 9.31 Å². The summed E-state index contributed by atoms with van der Waals surface area (Å²) in [6, 6.07) is 13.2. The topological polar surface area (TPSA) is 93.0 Å². The van der Waals surface area contributed by atoms with E-state index in [1.165, 1.54) is 36.2 Å². The summed E-state index contributed by atoms with van der Waals surface area (Å²) < 4.78 is 13.1. The van der Waals surface area contributed by atoms with Crippen molar-refractivity contribution in [2.45, 2.75) is 26.2 Å². The monoisotopic (exact) mass is 381 g/mol. The Morgan fingerprint density at radius 1 is 0.964 bits per heavy atom. The maximum Gasteiger partial charge on any atom is 0.353 e. The first-order valence-corrected chi connectivity index (χ1v) is 8.94. The molecule has 0 bridgehead atoms. The van der Waals surface area contributed by atoms with E-state index in [4.69, 9.17) is 0 Å². The standard InChI is InChI=1S/C20H20FN5O2/c1-2-3-4-14-5-9-16(10-6-14)24-19-18(26(27)28)20(23-13-22-19)25-17-11-7-15(21)8-12-17/h5-13H,2-4H2,1H3,(H2,22,23,24,25). The third kappa shape index (κ3) is 4.79. The van der Waals surface area contributed by atoms with Crippen LogP contribution in [0.5, 0.6) is 0 Å². The Labute approximate surface area is 161 Å². The number of nitrogens with zero attached hydrogens (tertiary/aromatic N) is 3. The zero-order valence-corrected chi connectivity index (χ0v) is 15.4. The highest BCUT2D eigenvalue weighted by Gasteiger charge is 2.23. The number of aryl methyl sites for hydroxylation is 1. The lowest BCUT2D eigenvalue weighted by atomic mass is 10.1. The first kappa shape index (κ1) is 19.2. The summed E-state index contributed by atoms with van der Waals surface area (Å²) in [7, 11) is 0. The van der Waals surface area contributed by atoms with E-state index in [2.05, 4.69) is 27.5 Å². The molecule has 2 aromatic carbocycles. The minimum Gasteiger partial charge on any atom is -0.334 e. The summed E-state index contributed by atoms with van der Waals surface area (Å²) in [4.78, 5) is 19.1. The molecule has 1 heterocycles. The number of anilines is 4. The molecule has 0 saturated carbocycles. The molecule has 1 aromatic heterocycles. The van der Waals surface area contributed by atoms with E-state index in [1.54, 1.807) is 0 Å². The van der Waals surface area contributed by atoms with Crippen LogP contribution in [0.25, 0.3) is 0 Å². The van der Waals surface area contributed by atoms with Gasteiger partial charge in [0.05, 0.1) is 4.92 Å². The molecule has 28 heavy (non-hydrogen) atoms. The van der Waals surface area contributed by atoms with Gasteiger partial charge in [0.25, 0.3) is 0 Å². The quantitative estimate of drug-likeness (QED) is 0.403. The van der Waals surface area contributed by atoms with Crippen LogP contribution in [0.15, 0.2) is 54.9 Å². The molecule has 0 fully saturated rings. The number of nitrogens with one attached hydrogen (secondary N) is 2. The SMILES string of the molecule is CCCCc1ccc(Nc2ncnc(Nc3ccc(F)cc3)c2[N+](=O)[O-])cc1. The van der Waals surface area contributed by atoms with Crippen molar-refractivity contribution in [1.29, 1.82) is 0 Å². The van der Waals surface area contributed by atoms with E-state index in [-0.39, 0.29) is 17.3 Å². The molecule has 0 atom stereocenters. The van der Waals surface area contributed by atoms with Crippen LogP contribution in [0.2, 0.25) is 0 Å². The van der Waals surface area contributed by atoms with Gasteiger partial charge in [-0.25, -0.2) is 14.4 Å². The molecule has 0 aliphatic heterocycles. The van der Waals surface area contributed by atoms with Gasteiger partial charge >= 0.3 is 5.69 Å². The van der Waals surface area contributed by atoms with E-state index in [9.17, 15) is 14.5 Å². The minimum atomic E-state index is -0.552. The highest BCUT2D eigenvalue weighted by atomic mass is 19.1. The fourth-order valence-electron chi connectivity index (χ4n) is 2.68. The van der Waals surface area contributed by atoms with Gasteiger partial charge in [-0.1, -0.05) is 25.5 Å². The number of benzene rings is 2. The van der Waals surface area contributed by atoms with Gasteiger partial charge in [-0.05, 0) is 54.8 Å². The van der Waals surface area contributed by atoms with E-state index >= 15 is 0 Å². The number of rotatable bonds is 8. The normalized spacial score (nSPS) is 10.5. The van der Waals surface area contributed by atoms with Crippen LogP contribution in [0.3, 0.4) is 0 Å². The predicted octanol–water partition coefficient (Wildman–Crippen LogP) is 5.35. The Balaban J connectivity index is 1.84. The molecule has 8 heteroatoms. The number of unbranched alkanes of at least 4 members (excludes halogenated alkanes) is 1. The highest BCUT2D eigenvalue weighted by molar-refractivity contribution is 5.76. The Morgan fingerprint density at radius 3 is 2.00 bits per heavy atom. The zero-order valence-electron chi connectivity index (χ0n) is 15.4. The van der Waals surface area contributed by atoms with Gasteiger partial charge < -0.3 is 10.6 Å². The molecule has 0 aliphatic rings. The minimum absolute atomic E-state index is 0.0219. The van der Waals surface area contributed by atoms with Crippen molar-refractivity contribution in [3.8, 4) is 0 Å². The summed E-state index contributed by atoms with van der Waals surface area (Å²) in [5.41, 5.74) is 2.09. The molecule has 0 amide bonds. The van der Waals surface area contributed by atoms with Gasteiger partial charge in [0.15, 0.2) is 0 Å². The first-order valence-electron chi connectivity index (χ1n) is 8.94. The van der Waals surface area contributed by atoms with Crippen LogP contribution in [-0.2, 0) is 6.42 Å². The third-order valence-corrected chi connectivity index (χ3v) is 4.15. The lowest BCUT2D eigenvalue weighted by molar-refractivity contribution is -0.383. The molecule has 0 saturated heterocycles. The van der Waals surface area contributed by atoms with Crippen molar-refractivity contribution in [2.75, 3.05) is 10.6 Å². The van der Waals surface area contributed by atoms with Crippen molar-refractivity contribution >= 4 is 28.7 Å². The lowest BCUT2D eigenvalue weighted by Crippen LogP contribution is -2.05. The largest absolute Gasteiger partial charge is 0.353 e. The van der Waals surface area contributed by atoms with E-state index in [1.807, 2.05) is 24.3 Å². The molecule has 7 nitrogen and oxygen atoms in total. The molecule has 144 valence electrons. The fraction of sp³-hybridized carbons (Fsp3) is 0.200. The van der Waals surface area contributed by atoms with Crippen LogP contribution in [-0.4, -0.2) is 14.9 Å². The molecule has 0 spiro atoms. The van der Waals surface area contributed by atoms with Gasteiger partial charge in [-0.3, -0.25) is 10.1 Å². The van der Waals surface area contributed by atoms with Crippen LogP contribution >= 0.6 is 0 Å². The molecule has 0 aliphatic carbocycles. The molecular formula is C20H20FN5O2. The second-order valence-corrected chi connectivity index (χ2v) is 6.23. The van der Waals surface area contributed by atoms with Crippen LogP contribution < -0.4 is 10.6 Å². The van der Waals surface area contributed by atoms with Crippen LogP contribution in [0.1, 0.15) is 25.3 Å². The molecular weight excluding hydrogens is 361 g/mol. The number of hydrogen-bond acceptors (Lipinski definition) is 6. The predicted molar refractivity (Wildman–Crippen MR) is 107 cm³/mol. The number of halogens is 1. The smallest absolute Gasteiger partial charge is 0.334 e. The summed E-state index contributed by atoms with van der Waals surface area (Å²) in [6.07, 6.45) is 4.46. The van der Waals surface area contributed by atoms with E-state index in [0.29, 0.717) is 11.4 Å². The summed E-state index contributed by atoms with van der Waals surface area (Å²) >= 11 is 0. The number of hydrogen-bond donors (Lipinski definition) is 2. The van der Waals surface area contributed by atoms with Crippen molar-refractivity contribution in [2.24, 2.45) is 0 Å². The maximum absolute atomic E-state index is 13.1. The lowest BCUT2D eigenvalue weighted by Gasteiger charge is -2.10. The van der Waals surface area contributed by atoms with Crippen molar-refractivity contribution in [1.82, 2.24) is 9.97 Å². The second-order valence-electron chi connectivity index (χ2n) is 6.23. The number of aromatic nitrogens is 2. The fourth-order valence-corrected chi connectivity index (χ4v) is 2.68. The van der Waals surface area contributed by atoms with E-state index < -0.39 is 10.7 Å². The average Bonchev–Trinajstić information content (AvgIpc) is 2.69. The zero-order chi connectivity index (χ0) is 19.9. The van der Waals surface area contributed by atoms with Crippen molar-refractivity contribution in [3.05, 3.63) is 76.4 Å². The number of nitro groups is 1. The van der Waals surface area contributed by atoms with Crippen LogP contribution in [0.4, 0.5) is 33.1 Å². The molecule has 3 aromatic rings. The summed E-state index contributed by atoms with van der Waals surface area (Å²) in [5, 5.41) is 17.5. The van der Waals surface area contributed by atoms with Gasteiger partial charge in [-0.2, -0.15) is 0 Å². The Hall–Kier alpha value is -3.55. The molecule has 0 unspecified atom stereocenters. The Kier molecular flexibility index (Phi) is 6.11. The highest BCUT2D eigenvalue weighted by Crippen LogP contribution is 2.33. The van der Waals surface area contributed by atoms with Gasteiger partial charge in [0, 0.05) is 11.4 Å². The Bertz CT molecular complexity index is 946. The van der Waals surface area contributed by atoms with Crippen LogP contribution in [0, 0.1) is 15.9 Å². The molecule has 2 N–H and O–H groups in total. The van der Waals surface area contributed by atoms with Crippen molar-refractivity contribution in [3.63, 3.8) is 0 Å². The second kappa shape index (κ2) is 8.90. The molecule has 0 radical (unpaired) electrons. The summed E-state index contributed by atoms with van der Waals surface area (Å²) in [5.74, 6) is -0.299. The van der Waals surface area contributed by atoms with Gasteiger partial charge in [0.2, 0.25) is 11.6 Å². The Morgan fingerprint density at radius 2 is 1.50 bits per heavy atom. The average molecular weight is 381 g/mol. The third-order valence-electron chi connectivity index (χ3n) is 4.15. The summed E-state index contributed by atoms with van der Waals surface area (Å²) in [6.45, 7) is 2.14. The van der Waals surface area contributed by atoms with Gasteiger partial charge in [0.1, 0.15) is 12.1 Å². The maximum atomic E-state index is 13.1.